The second-order valence-electron chi connectivity index (χ2n) is 6.71. The minimum absolute atomic E-state index is 0.0701. The highest BCUT2D eigenvalue weighted by molar-refractivity contribution is 5.81. The highest BCUT2D eigenvalue weighted by Gasteiger charge is 2.36. The summed E-state index contributed by atoms with van der Waals surface area (Å²) < 4.78 is 7.17. The molecule has 0 spiro atoms. The van der Waals surface area contributed by atoms with Gasteiger partial charge in [0.05, 0.1) is 29.7 Å². The number of benzene rings is 1. The number of carbonyl (C=O) groups excluding carboxylic acids is 1. The molecule has 1 N–H and O–H groups in total. The molecule has 0 bridgehead atoms. The van der Waals surface area contributed by atoms with Gasteiger partial charge in [0.2, 0.25) is 5.91 Å². The van der Waals surface area contributed by atoms with Crippen LogP contribution in [0.5, 0.6) is 0 Å². The lowest BCUT2D eigenvalue weighted by atomic mass is 9.90. The molecule has 2 fully saturated rings. The first-order valence-corrected chi connectivity index (χ1v) is 8.78. The number of amides is 1. The number of hydrogen-bond acceptors (Lipinski definition) is 4. The van der Waals surface area contributed by atoms with Gasteiger partial charge in [-0.15, -0.1) is 0 Å². The first-order valence-electron chi connectivity index (χ1n) is 8.78. The minimum Gasteiger partial charge on any atom is -0.374 e. The van der Waals surface area contributed by atoms with Crippen molar-refractivity contribution in [2.75, 3.05) is 13.2 Å². The topological polar surface area (TPSA) is 84.4 Å². The van der Waals surface area contributed by atoms with Gasteiger partial charge in [-0.25, -0.2) is 4.79 Å². The van der Waals surface area contributed by atoms with Crippen LogP contribution in [-0.4, -0.2) is 45.7 Å². The lowest BCUT2D eigenvalue weighted by molar-refractivity contribution is -0.150. The molecule has 4 rings (SSSR count). The van der Waals surface area contributed by atoms with Crippen LogP contribution >= 0.6 is 0 Å². The highest BCUT2D eigenvalue weighted by Crippen LogP contribution is 2.28. The number of hydrogen-bond donors (Lipinski definition) is 1. The summed E-state index contributed by atoms with van der Waals surface area (Å²) in [4.78, 5) is 41.3. The Labute approximate surface area is 144 Å². The fourth-order valence-electron chi connectivity index (χ4n) is 4.03. The lowest BCUT2D eigenvalue weighted by Gasteiger charge is -2.43. The standard InChI is InChI=1S/C18H21N3O4/c22-16(20-9-10-25-15-8-4-3-7-14(15)20)11-21-13-6-2-1-5-12(13)17(23)19-18(21)24/h1-2,5-6,14-15H,3-4,7-11H2,(H,19,23,24)/t14-,15-/m1/s1. The summed E-state index contributed by atoms with van der Waals surface area (Å²) in [5.74, 6) is -0.0977. The molecule has 2 aliphatic rings. The molecule has 1 saturated heterocycles. The molecule has 1 aromatic heterocycles. The van der Waals surface area contributed by atoms with E-state index >= 15 is 0 Å². The molecule has 0 unspecified atom stereocenters. The van der Waals surface area contributed by atoms with E-state index in [9.17, 15) is 14.4 Å². The van der Waals surface area contributed by atoms with E-state index in [4.69, 9.17) is 4.74 Å². The van der Waals surface area contributed by atoms with Crippen molar-refractivity contribution in [1.29, 1.82) is 0 Å². The van der Waals surface area contributed by atoms with E-state index in [2.05, 4.69) is 4.98 Å². The molecule has 2 atom stereocenters. The van der Waals surface area contributed by atoms with Crippen LogP contribution in [0.15, 0.2) is 33.9 Å². The minimum atomic E-state index is -0.550. The van der Waals surface area contributed by atoms with Crippen molar-refractivity contribution in [3.63, 3.8) is 0 Å². The number of morpholine rings is 1. The van der Waals surface area contributed by atoms with E-state index < -0.39 is 11.2 Å². The van der Waals surface area contributed by atoms with Gasteiger partial charge in [0.1, 0.15) is 6.54 Å². The number of H-pyrrole nitrogens is 1. The molecule has 1 aliphatic heterocycles. The summed E-state index contributed by atoms with van der Waals surface area (Å²) in [6.07, 6.45) is 4.26. The van der Waals surface area contributed by atoms with Gasteiger partial charge in [-0.2, -0.15) is 0 Å². The van der Waals surface area contributed by atoms with Crippen LogP contribution in [0.1, 0.15) is 25.7 Å². The van der Waals surface area contributed by atoms with Gasteiger partial charge in [-0.3, -0.25) is 19.1 Å². The number of fused-ring (bicyclic) bond motifs is 2. The normalized spacial score (nSPS) is 23.4. The summed E-state index contributed by atoms with van der Waals surface area (Å²) in [6, 6.07) is 6.94. The highest BCUT2D eigenvalue weighted by atomic mass is 16.5. The third-order valence-corrected chi connectivity index (χ3v) is 5.25. The molecule has 25 heavy (non-hydrogen) atoms. The molecule has 132 valence electrons. The summed E-state index contributed by atoms with van der Waals surface area (Å²) in [5.41, 5.74) is -0.494. The number of carbonyl (C=O) groups is 1. The average Bonchev–Trinajstić information content (AvgIpc) is 2.64. The summed E-state index contributed by atoms with van der Waals surface area (Å²) in [7, 11) is 0. The Morgan fingerprint density at radius 2 is 2.00 bits per heavy atom. The van der Waals surface area contributed by atoms with E-state index in [0.717, 1.165) is 25.7 Å². The summed E-state index contributed by atoms with van der Waals surface area (Å²) in [6.45, 7) is 1.02. The molecule has 7 heteroatoms. The number of nitrogens with one attached hydrogen (secondary N) is 1. The molecule has 1 amide bonds. The number of nitrogens with zero attached hydrogens (tertiary/aromatic N) is 2. The van der Waals surface area contributed by atoms with Gasteiger partial charge in [0.15, 0.2) is 0 Å². The zero-order valence-electron chi connectivity index (χ0n) is 13.9. The van der Waals surface area contributed by atoms with E-state index in [1.165, 1.54) is 4.57 Å². The smallest absolute Gasteiger partial charge is 0.329 e. The predicted molar refractivity (Wildman–Crippen MR) is 92.5 cm³/mol. The summed E-state index contributed by atoms with van der Waals surface area (Å²) >= 11 is 0. The third-order valence-electron chi connectivity index (χ3n) is 5.25. The molecule has 1 aromatic carbocycles. The van der Waals surface area contributed by atoms with Gasteiger partial charge < -0.3 is 9.64 Å². The van der Waals surface area contributed by atoms with Gasteiger partial charge in [0.25, 0.3) is 5.56 Å². The van der Waals surface area contributed by atoms with Gasteiger partial charge in [0, 0.05) is 6.54 Å². The number of para-hydroxylation sites is 1. The van der Waals surface area contributed by atoms with Crippen LogP contribution in [0.4, 0.5) is 0 Å². The van der Waals surface area contributed by atoms with Gasteiger partial charge in [-0.1, -0.05) is 25.0 Å². The van der Waals surface area contributed by atoms with Gasteiger partial charge in [-0.05, 0) is 25.0 Å². The third kappa shape index (κ3) is 2.89. The van der Waals surface area contributed by atoms with Crippen LogP contribution in [0.2, 0.25) is 0 Å². The number of ether oxygens (including phenoxy) is 1. The quantitative estimate of drug-likeness (QED) is 0.876. The van der Waals surface area contributed by atoms with Crippen LogP contribution in [0, 0.1) is 0 Å². The Balaban J connectivity index is 1.66. The van der Waals surface area contributed by atoms with Crippen molar-refractivity contribution in [2.24, 2.45) is 0 Å². The SMILES string of the molecule is O=C(Cn1c(=O)[nH]c(=O)c2ccccc21)N1CCO[C@@H]2CCCC[C@H]21. The van der Waals surface area contributed by atoms with Crippen molar-refractivity contribution in [2.45, 2.75) is 44.4 Å². The fraction of sp³-hybridized carbons (Fsp3) is 0.500. The molecule has 1 saturated carbocycles. The van der Waals surface area contributed by atoms with E-state index in [1.807, 2.05) is 4.90 Å². The second-order valence-corrected chi connectivity index (χ2v) is 6.71. The summed E-state index contributed by atoms with van der Waals surface area (Å²) in [5, 5.41) is 0.410. The fourth-order valence-corrected chi connectivity index (χ4v) is 4.03. The first-order chi connectivity index (χ1) is 12.1. The second kappa shape index (κ2) is 6.48. The Morgan fingerprint density at radius 3 is 2.88 bits per heavy atom. The molecular weight excluding hydrogens is 322 g/mol. The van der Waals surface area contributed by atoms with Crippen molar-refractivity contribution in [1.82, 2.24) is 14.5 Å². The maximum Gasteiger partial charge on any atom is 0.329 e. The Morgan fingerprint density at radius 1 is 1.20 bits per heavy atom. The molecule has 2 heterocycles. The molecule has 2 aromatic rings. The number of aromatic nitrogens is 2. The van der Waals surface area contributed by atoms with E-state index in [-0.39, 0.29) is 24.6 Å². The number of aromatic amines is 1. The van der Waals surface area contributed by atoms with Crippen LogP contribution < -0.4 is 11.2 Å². The van der Waals surface area contributed by atoms with Crippen molar-refractivity contribution >= 4 is 16.8 Å². The molecule has 7 nitrogen and oxygen atoms in total. The molecular formula is C18H21N3O4. The zero-order valence-corrected chi connectivity index (χ0v) is 13.9. The van der Waals surface area contributed by atoms with E-state index in [0.29, 0.717) is 24.1 Å². The predicted octanol–water partition coefficient (Wildman–Crippen LogP) is 0.860. The first kappa shape index (κ1) is 16.1. The maximum absolute atomic E-state index is 12.9. The Hall–Kier alpha value is -2.41. The van der Waals surface area contributed by atoms with Crippen molar-refractivity contribution in [3.8, 4) is 0 Å². The largest absolute Gasteiger partial charge is 0.374 e. The van der Waals surface area contributed by atoms with Crippen LogP contribution in [0.3, 0.4) is 0 Å². The molecule has 0 radical (unpaired) electrons. The van der Waals surface area contributed by atoms with Gasteiger partial charge >= 0.3 is 5.69 Å². The molecule has 1 aliphatic carbocycles. The van der Waals surface area contributed by atoms with Crippen molar-refractivity contribution < 1.29 is 9.53 Å². The van der Waals surface area contributed by atoms with Crippen LogP contribution in [-0.2, 0) is 16.1 Å². The Kier molecular flexibility index (Phi) is 4.17. The zero-order chi connectivity index (χ0) is 17.4. The van der Waals surface area contributed by atoms with Crippen molar-refractivity contribution in [3.05, 3.63) is 45.1 Å². The average molecular weight is 343 g/mol. The lowest BCUT2D eigenvalue weighted by Crippen LogP contribution is -2.56. The maximum atomic E-state index is 12.9. The van der Waals surface area contributed by atoms with Crippen LogP contribution in [0.25, 0.3) is 10.9 Å². The monoisotopic (exact) mass is 343 g/mol. The Bertz CT molecular complexity index is 914. The number of rotatable bonds is 2. The van der Waals surface area contributed by atoms with E-state index in [1.54, 1.807) is 24.3 Å².